The van der Waals surface area contributed by atoms with Crippen molar-refractivity contribution in [1.82, 2.24) is 4.72 Å². The van der Waals surface area contributed by atoms with Gasteiger partial charge < -0.3 is 11.1 Å². The summed E-state index contributed by atoms with van der Waals surface area (Å²) < 4.78 is 27.0. The molecule has 0 bridgehead atoms. The van der Waals surface area contributed by atoms with Gasteiger partial charge in [0.25, 0.3) is 0 Å². The molecule has 0 aliphatic rings. The number of hydrogen-bond donors (Lipinski definition) is 4. The van der Waals surface area contributed by atoms with Gasteiger partial charge in [-0.15, -0.1) is 0 Å². The van der Waals surface area contributed by atoms with E-state index in [1.54, 1.807) is 12.1 Å². The molecule has 0 aliphatic carbocycles. The highest BCUT2D eigenvalue weighted by Crippen LogP contribution is 2.15. The van der Waals surface area contributed by atoms with Crippen molar-refractivity contribution in [3.63, 3.8) is 0 Å². The molecular formula is C14H16N4O2S. The zero-order chi connectivity index (χ0) is 15.3. The molecule has 0 heterocycles. The Kier molecular flexibility index (Phi) is 4.56. The first-order valence-electron chi connectivity index (χ1n) is 6.22. The zero-order valence-corrected chi connectivity index (χ0v) is 12.0. The molecule has 0 atom stereocenters. The van der Waals surface area contributed by atoms with Crippen LogP contribution in [0.25, 0.3) is 0 Å². The van der Waals surface area contributed by atoms with Crippen LogP contribution in [-0.4, -0.2) is 14.4 Å². The maximum absolute atomic E-state index is 12.2. The fourth-order valence-corrected chi connectivity index (χ4v) is 2.82. The Bertz CT molecular complexity index is 730. The first-order chi connectivity index (χ1) is 9.97. The van der Waals surface area contributed by atoms with Crippen molar-refractivity contribution in [3.8, 4) is 0 Å². The van der Waals surface area contributed by atoms with Crippen LogP contribution in [0, 0.1) is 5.41 Å². The first kappa shape index (κ1) is 15.0. The summed E-state index contributed by atoms with van der Waals surface area (Å²) in [4.78, 5) is 0.115. The zero-order valence-electron chi connectivity index (χ0n) is 11.2. The Hall–Kier alpha value is -2.38. The van der Waals surface area contributed by atoms with Crippen molar-refractivity contribution in [2.24, 2.45) is 5.73 Å². The van der Waals surface area contributed by atoms with E-state index in [-0.39, 0.29) is 17.4 Å². The number of hydrogen-bond acceptors (Lipinski definition) is 3. The van der Waals surface area contributed by atoms with E-state index in [2.05, 4.69) is 10.0 Å². The molecule has 0 aliphatic heterocycles. The molecule has 5 N–H and O–H groups in total. The largest absolute Gasteiger partial charge is 0.370 e. The number of guanidine groups is 1. The van der Waals surface area contributed by atoms with E-state index < -0.39 is 10.0 Å². The van der Waals surface area contributed by atoms with Crippen LogP contribution in [0.2, 0.25) is 0 Å². The van der Waals surface area contributed by atoms with Crippen molar-refractivity contribution >= 4 is 21.7 Å². The van der Waals surface area contributed by atoms with E-state index in [0.29, 0.717) is 5.69 Å². The van der Waals surface area contributed by atoms with Gasteiger partial charge >= 0.3 is 0 Å². The normalized spacial score (nSPS) is 11.0. The van der Waals surface area contributed by atoms with Crippen LogP contribution in [-0.2, 0) is 16.6 Å². The van der Waals surface area contributed by atoms with E-state index in [4.69, 9.17) is 11.1 Å². The maximum atomic E-state index is 12.2. The van der Waals surface area contributed by atoms with E-state index in [9.17, 15) is 8.42 Å². The molecule has 0 unspecified atom stereocenters. The SMILES string of the molecule is N=C(N)Nc1cccc(S(=O)(=O)NCc2ccccc2)c1. The molecule has 0 fully saturated rings. The molecule has 2 rings (SSSR count). The lowest BCUT2D eigenvalue weighted by atomic mass is 10.2. The number of sulfonamides is 1. The van der Waals surface area contributed by atoms with Crippen molar-refractivity contribution < 1.29 is 8.42 Å². The lowest BCUT2D eigenvalue weighted by Crippen LogP contribution is -2.24. The van der Waals surface area contributed by atoms with E-state index in [1.165, 1.54) is 12.1 Å². The summed E-state index contributed by atoms with van der Waals surface area (Å²) in [6.07, 6.45) is 0. The minimum Gasteiger partial charge on any atom is -0.370 e. The smallest absolute Gasteiger partial charge is 0.240 e. The second-order valence-electron chi connectivity index (χ2n) is 4.38. The van der Waals surface area contributed by atoms with Gasteiger partial charge in [-0.3, -0.25) is 5.41 Å². The summed E-state index contributed by atoms with van der Waals surface area (Å²) in [6.45, 7) is 0.216. The molecular weight excluding hydrogens is 288 g/mol. The molecule has 0 spiro atoms. The van der Waals surface area contributed by atoms with Gasteiger partial charge in [0.1, 0.15) is 0 Å². The van der Waals surface area contributed by atoms with Crippen molar-refractivity contribution in [2.75, 3.05) is 5.32 Å². The third kappa shape index (κ3) is 4.30. The van der Waals surface area contributed by atoms with E-state index >= 15 is 0 Å². The molecule has 7 heteroatoms. The number of nitrogens with one attached hydrogen (secondary N) is 3. The Morgan fingerprint density at radius 2 is 1.81 bits per heavy atom. The predicted octanol–water partition coefficient (Wildman–Crippen LogP) is 1.47. The third-order valence-corrected chi connectivity index (χ3v) is 4.13. The van der Waals surface area contributed by atoms with E-state index in [0.717, 1.165) is 5.56 Å². The summed E-state index contributed by atoms with van der Waals surface area (Å²) >= 11 is 0. The molecule has 0 amide bonds. The third-order valence-electron chi connectivity index (χ3n) is 2.73. The Morgan fingerprint density at radius 3 is 2.48 bits per heavy atom. The van der Waals surface area contributed by atoms with Gasteiger partial charge in [-0.1, -0.05) is 36.4 Å². The highest BCUT2D eigenvalue weighted by molar-refractivity contribution is 7.89. The average Bonchev–Trinajstić information content (AvgIpc) is 2.46. The Labute approximate surface area is 123 Å². The van der Waals surface area contributed by atoms with Gasteiger partial charge in [0.2, 0.25) is 10.0 Å². The van der Waals surface area contributed by atoms with Gasteiger partial charge in [0.05, 0.1) is 4.90 Å². The molecule has 2 aromatic rings. The minimum atomic E-state index is -3.62. The molecule has 110 valence electrons. The highest BCUT2D eigenvalue weighted by atomic mass is 32.2. The Morgan fingerprint density at radius 1 is 1.10 bits per heavy atom. The molecule has 0 saturated heterocycles. The molecule has 0 saturated carbocycles. The lowest BCUT2D eigenvalue weighted by Gasteiger charge is -2.09. The minimum absolute atomic E-state index is 0.115. The van der Waals surface area contributed by atoms with Crippen molar-refractivity contribution in [1.29, 1.82) is 5.41 Å². The lowest BCUT2D eigenvalue weighted by molar-refractivity contribution is 0.581. The molecule has 0 aromatic heterocycles. The summed E-state index contributed by atoms with van der Waals surface area (Å²) in [6, 6.07) is 15.4. The van der Waals surface area contributed by atoms with E-state index in [1.807, 2.05) is 30.3 Å². The highest BCUT2D eigenvalue weighted by Gasteiger charge is 2.14. The Balaban J connectivity index is 2.14. The topological polar surface area (TPSA) is 108 Å². The standard InChI is InChI=1S/C14H16N4O2S/c15-14(16)18-12-7-4-8-13(9-12)21(19,20)17-10-11-5-2-1-3-6-11/h1-9,17H,10H2,(H4,15,16,18). The van der Waals surface area contributed by atoms with Crippen LogP contribution in [0.15, 0.2) is 59.5 Å². The second kappa shape index (κ2) is 6.38. The van der Waals surface area contributed by atoms with Crippen LogP contribution >= 0.6 is 0 Å². The summed E-state index contributed by atoms with van der Waals surface area (Å²) in [5.74, 6) is -0.248. The van der Waals surface area contributed by atoms with Crippen LogP contribution in [0.4, 0.5) is 5.69 Å². The molecule has 6 nitrogen and oxygen atoms in total. The molecule has 0 radical (unpaired) electrons. The van der Waals surface area contributed by atoms with Crippen LogP contribution < -0.4 is 15.8 Å². The van der Waals surface area contributed by atoms with Gasteiger partial charge in [-0.25, -0.2) is 13.1 Å². The van der Waals surface area contributed by atoms with Gasteiger partial charge in [-0.05, 0) is 23.8 Å². The number of anilines is 1. The van der Waals surface area contributed by atoms with Crippen LogP contribution in [0.1, 0.15) is 5.56 Å². The maximum Gasteiger partial charge on any atom is 0.240 e. The van der Waals surface area contributed by atoms with Crippen LogP contribution in [0.3, 0.4) is 0 Å². The fourth-order valence-electron chi connectivity index (χ4n) is 1.75. The monoisotopic (exact) mass is 304 g/mol. The first-order valence-corrected chi connectivity index (χ1v) is 7.70. The summed E-state index contributed by atoms with van der Waals surface area (Å²) in [5, 5.41) is 9.71. The number of nitrogens with two attached hydrogens (primary N) is 1. The van der Waals surface area contributed by atoms with Gasteiger partial charge in [-0.2, -0.15) is 0 Å². The fraction of sp³-hybridized carbons (Fsp3) is 0.0714. The number of rotatable bonds is 5. The second-order valence-corrected chi connectivity index (χ2v) is 6.14. The van der Waals surface area contributed by atoms with Gasteiger partial charge in [0, 0.05) is 12.2 Å². The predicted molar refractivity (Wildman–Crippen MR) is 82.4 cm³/mol. The molecule has 21 heavy (non-hydrogen) atoms. The van der Waals surface area contributed by atoms with Gasteiger partial charge in [0.15, 0.2) is 5.96 Å². The summed E-state index contributed by atoms with van der Waals surface area (Å²) in [5.41, 5.74) is 6.55. The molecule has 2 aromatic carbocycles. The van der Waals surface area contributed by atoms with Crippen LogP contribution in [0.5, 0.6) is 0 Å². The van der Waals surface area contributed by atoms with Crippen molar-refractivity contribution in [2.45, 2.75) is 11.4 Å². The number of benzene rings is 2. The van der Waals surface area contributed by atoms with Crippen molar-refractivity contribution in [3.05, 3.63) is 60.2 Å². The average molecular weight is 304 g/mol. The quantitative estimate of drug-likeness (QED) is 0.495. The summed E-state index contributed by atoms with van der Waals surface area (Å²) in [7, 11) is -3.62.